The Labute approximate surface area is 125 Å². The SMILES string of the molecule is NCCNc1nc(Nc2ccc(Cl)cc2)ncc1[N+](=O)[O-]. The number of nitro groups is 1. The first kappa shape index (κ1) is 14.9. The quantitative estimate of drug-likeness (QED) is 0.552. The van der Waals surface area contributed by atoms with Crippen LogP contribution in [0.15, 0.2) is 30.5 Å². The van der Waals surface area contributed by atoms with Gasteiger partial charge < -0.3 is 16.4 Å². The van der Waals surface area contributed by atoms with Gasteiger partial charge in [0.15, 0.2) is 0 Å². The highest BCUT2D eigenvalue weighted by Crippen LogP contribution is 2.23. The largest absolute Gasteiger partial charge is 0.363 e. The van der Waals surface area contributed by atoms with E-state index in [0.29, 0.717) is 18.1 Å². The van der Waals surface area contributed by atoms with Gasteiger partial charge >= 0.3 is 5.69 Å². The van der Waals surface area contributed by atoms with Gasteiger partial charge in [0.05, 0.1) is 4.92 Å². The molecule has 0 spiro atoms. The normalized spacial score (nSPS) is 10.2. The number of aromatic nitrogens is 2. The van der Waals surface area contributed by atoms with Gasteiger partial charge in [-0.2, -0.15) is 4.98 Å². The number of anilines is 3. The van der Waals surface area contributed by atoms with Crippen LogP contribution in [0.4, 0.5) is 23.1 Å². The van der Waals surface area contributed by atoms with E-state index in [-0.39, 0.29) is 17.5 Å². The molecule has 1 aromatic heterocycles. The first-order valence-electron chi connectivity index (χ1n) is 6.08. The molecule has 9 heteroatoms. The Morgan fingerprint density at radius 2 is 2.05 bits per heavy atom. The highest BCUT2D eigenvalue weighted by molar-refractivity contribution is 6.30. The Morgan fingerprint density at radius 1 is 1.33 bits per heavy atom. The molecule has 110 valence electrons. The Bertz CT molecular complexity index is 634. The lowest BCUT2D eigenvalue weighted by molar-refractivity contribution is -0.384. The van der Waals surface area contributed by atoms with E-state index >= 15 is 0 Å². The van der Waals surface area contributed by atoms with Gasteiger partial charge in [0.2, 0.25) is 11.8 Å². The lowest BCUT2D eigenvalue weighted by atomic mass is 10.3. The fourth-order valence-corrected chi connectivity index (χ4v) is 1.68. The molecule has 4 N–H and O–H groups in total. The molecule has 0 atom stereocenters. The number of rotatable bonds is 6. The van der Waals surface area contributed by atoms with Crippen molar-refractivity contribution in [3.63, 3.8) is 0 Å². The lowest BCUT2D eigenvalue weighted by Crippen LogP contribution is -2.15. The van der Waals surface area contributed by atoms with Gasteiger partial charge in [-0.05, 0) is 24.3 Å². The van der Waals surface area contributed by atoms with Gasteiger partial charge in [0, 0.05) is 23.8 Å². The minimum Gasteiger partial charge on any atom is -0.363 e. The minimum absolute atomic E-state index is 0.122. The van der Waals surface area contributed by atoms with E-state index in [9.17, 15) is 10.1 Å². The lowest BCUT2D eigenvalue weighted by Gasteiger charge is -2.08. The molecule has 0 amide bonds. The fourth-order valence-electron chi connectivity index (χ4n) is 1.55. The summed E-state index contributed by atoms with van der Waals surface area (Å²) >= 11 is 5.80. The third-order valence-electron chi connectivity index (χ3n) is 2.50. The van der Waals surface area contributed by atoms with Crippen molar-refractivity contribution >= 4 is 34.7 Å². The maximum atomic E-state index is 10.9. The minimum atomic E-state index is -0.551. The molecular formula is C12H13ClN6O2. The molecule has 0 unspecified atom stereocenters. The van der Waals surface area contributed by atoms with E-state index in [1.807, 2.05) is 0 Å². The first-order valence-corrected chi connectivity index (χ1v) is 6.46. The fraction of sp³-hybridized carbons (Fsp3) is 0.167. The van der Waals surface area contributed by atoms with Gasteiger partial charge in [0.1, 0.15) is 6.20 Å². The molecule has 0 saturated heterocycles. The maximum Gasteiger partial charge on any atom is 0.329 e. The summed E-state index contributed by atoms with van der Waals surface area (Å²) in [5.74, 6) is 0.361. The molecule has 0 aliphatic carbocycles. The van der Waals surface area contributed by atoms with Gasteiger partial charge in [-0.3, -0.25) is 10.1 Å². The van der Waals surface area contributed by atoms with Crippen molar-refractivity contribution in [3.8, 4) is 0 Å². The molecule has 0 fully saturated rings. The first-order chi connectivity index (χ1) is 10.1. The topological polar surface area (TPSA) is 119 Å². The van der Waals surface area contributed by atoms with Gasteiger partial charge in [-0.1, -0.05) is 11.6 Å². The molecule has 8 nitrogen and oxygen atoms in total. The number of hydrogen-bond donors (Lipinski definition) is 3. The number of nitrogens with one attached hydrogen (secondary N) is 2. The van der Waals surface area contributed by atoms with Crippen LogP contribution in [0.2, 0.25) is 5.02 Å². The molecule has 0 radical (unpaired) electrons. The van der Waals surface area contributed by atoms with Crippen LogP contribution in [0, 0.1) is 10.1 Å². The smallest absolute Gasteiger partial charge is 0.329 e. The van der Waals surface area contributed by atoms with Crippen LogP contribution < -0.4 is 16.4 Å². The molecule has 0 aliphatic rings. The van der Waals surface area contributed by atoms with E-state index in [4.69, 9.17) is 17.3 Å². The third kappa shape index (κ3) is 4.01. The van der Waals surface area contributed by atoms with E-state index in [2.05, 4.69) is 20.6 Å². The van der Waals surface area contributed by atoms with E-state index in [1.54, 1.807) is 24.3 Å². The average Bonchev–Trinajstić information content (AvgIpc) is 2.47. The van der Waals surface area contributed by atoms with Crippen LogP contribution in [-0.2, 0) is 0 Å². The zero-order valence-electron chi connectivity index (χ0n) is 10.9. The number of nitrogens with zero attached hydrogens (tertiary/aromatic N) is 3. The number of nitrogens with two attached hydrogens (primary N) is 1. The van der Waals surface area contributed by atoms with Crippen LogP contribution in [0.25, 0.3) is 0 Å². The van der Waals surface area contributed by atoms with Crippen molar-refractivity contribution in [2.75, 3.05) is 23.7 Å². The molecule has 2 rings (SSSR count). The predicted octanol–water partition coefficient (Wildman–Crippen LogP) is 2.15. The van der Waals surface area contributed by atoms with Crippen molar-refractivity contribution in [3.05, 3.63) is 45.6 Å². The van der Waals surface area contributed by atoms with Gasteiger partial charge in [-0.25, -0.2) is 4.98 Å². The van der Waals surface area contributed by atoms with Crippen LogP contribution in [0.1, 0.15) is 0 Å². The molecule has 21 heavy (non-hydrogen) atoms. The zero-order chi connectivity index (χ0) is 15.2. The Morgan fingerprint density at radius 3 is 2.67 bits per heavy atom. The number of hydrogen-bond acceptors (Lipinski definition) is 7. The summed E-state index contributed by atoms with van der Waals surface area (Å²) in [5.41, 5.74) is 5.89. The monoisotopic (exact) mass is 308 g/mol. The van der Waals surface area contributed by atoms with Crippen LogP contribution >= 0.6 is 11.6 Å². The van der Waals surface area contributed by atoms with Crippen molar-refractivity contribution in [2.45, 2.75) is 0 Å². The van der Waals surface area contributed by atoms with Gasteiger partial charge in [0.25, 0.3) is 0 Å². The molecule has 1 aromatic carbocycles. The van der Waals surface area contributed by atoms with Crippen LogP contribution in [0.5, 0.6) is 0 Å². The molecule has 0 bridgehead atoms. The second-order valence-electron chi connectivity index (χ2n) is 4.03. The van der Waals surface area contributed by atoms with E-state index in [1.165, 1.54) is 0 Å². The Hall–Kier alpha value is -2.45. The average molecular weight is 309 g/mol. The second kappa shape index (κ2) is 6.82. The van der Waals surface area contributed by atoms with E-state index < -0.39 is 4.92 Å². The molecule has 0 aliphatic heterocycles. The van der Waals surface area contributed by atoms with Crippen molar-refractivity contribution in [1.82, 2.24) is 9.97 Å². The standard InChI is InChI=1S/C12H13ClN6O2/c13-8-1-3-9(4-2-8)17-12-16-7-10(19(20)21)11(18-12)15-6-5-14/h1-4,7H,5-6,14H2,(H2,15,16,17,18). The number of halogens is 1. The van der Waals surface area contributed by atoms with Crippen LogP contribution in [-0.4, -0.2) is 28.0 Å². The molecule has 2 aromatic rings. The maximum absolute atomic E-state index is 10.9. The van der Waals surface area contributed by atoms with Crippen LogP contribution in [0.3, 0.4) is 0 Å². The Balaban J connectivity index is 2.23. The summed E-state index contributed by atoms with van der Waals surface area (Å²) in [6.07, 6.45) is 1.14. The number of benzene rings is 1. The van der Waals surface area contributed by atoms with E-state index in [0.717, 1.165) is 11.9 Å². The summed E-state index contributed by atoms with van der Waals surface area (Å²) in [5, 5.41) is 17.3. The van der Waals surface area contributed by atoms with Gasteiger partial charge in [-0.15, -0.1) is 0 Å². The summed E-state index contributed by atoms with van der Waals surface area (Å²) in [7, 11) is 0. The summed E-state index contributed by atoms with van der Waals surface area (Å²) in [6, 6.07) is 6.92. The highest BCUT2D eigenvalue weighted by Gasteiger charge is 2.16. The molecule has 1 heterocycles. The highest BCUT2D eigenvalue weighted by atomic mass is 35.5. The van der Waals surface area contributed by atoms with Crippen molar-refractivity contribution < 1.29 is 4.92 Å². The molecular weight excluding hydrogens is 296 g/mol. The zero-order valence-corrected chi connectivity index (χ0v) is 11.7. The summed E-state index contributed by atoms with van der Waals surface area (Å²) < 4.78 is 0. The third-order valence-corrected chi connectivity index (χ3v) is 2.76. The van der Waals surface area contributed by atoms with Crippen molar-refractivity contribution in [1.29, 1.82) is 0 Å². The summed E-state index contributed by atoms with van der Waals surface area (Å²) in [4.78, 5) is 18.4. The summed E-state index contributed by atoms with van der Waals surface area (Å²) in [6.45, 7) is 0.708. The predicted molar refractivity (Wildman–Crippen MR) is 81.0 cm³/mol. The Kier molecular flexibility index (Phi) is 4.85. The second-order valence-corrected chi connectivity index (χ2v) is 4.47. The van der Waals surface area contributed by atoms with Crippen molar-refractivity contribution in [2.24, 2.45) is 5.73 Å². The molecule has 0 saturated carbocycles.